The number of benzene rings is 3. The smallest absolute Gasteiger partial charge is 0.170 e. The standard InChI is InChI=1S/C23H20O2/c24-17-16-21(18-10-4-1-5-11-18)22(19-12-6-2-7-13-19)23(25)20-14-8-3-9-15-20/h1-15,17,21-22H,16H2/t21-,22+/m1/s1. The molecule has 124 valence electrons. The minimum atomic E-state index is -0.392. The van der Waals surface area contributed by atoms with Crippen molar-refractivity contribution in [2.45, 2.75) is 18.3 Å². The topological polar surface area (TPSA) is 34.1 Å². The Bertz CT molecular complexity index is 810. The lowest BCUT2D eigenvalue weighted by atomic mass is 9.76. The SMILES string of the molecule is O=CC[C@H](c1ccccc1)[C@@H](C(=O)c1ccccc1)c1ccccc1. The summed E-state index contributed by atoms with van der Waals surface area (Å²) in [5.41, 5.74) is 2.61. The van der Waals surface area contributed by atoms with Crippen LogP contribution >= 0.6 is 0 Å². The number of carbonyl (C=O) groups excluding carboxylic acids is 2. The number of aldehydes is 1. The molecule has 0 N–H and O–H groups in total. The molecule has 0 heterocycles. The second-order valence-corrected chi connectivity index (χ2v) is 6.04. The highest BCUT2D eigenvalue weighted by atomic mass is 16.1. The molecule has 0 aromatic heterocycles. The van der Waals surface area contributed by atoms with Crippen LogP contribution in [0.2, 0.25) is 0 Å². The van der Waals surface area contributed by atoms with E-state index < -0.39 is 5.92 Å². The van der Waals surface area contributed by atoms with Gasteiger partial charge in [-0.05, 0) is 11.1 Å². The lowest BCUT2D eigenvalue weighted by Gasteiger charge is -2.26. The van der Waals surface area contributed by atoms with Gasteiger partial charge in [0, 0.05) is 17.9 Å². The van der Waals surface area contributed by atoms with E-state index in [1.54, 1.807) is 0 Å². The molecule has 2 nitrogen and oxygen atoms in total. The van der Waals surface area contributed by atoms with Gasteiger partial charge in [0.25, 0.3) is 0 Å². The summed E-state index contributed by atoms with van der Waals surface area (Å²) in [6, 6.07) is 28.8. The summed E-state index contributed by atoms with van der Waals surface area (Å²) in [6.07, 6.45) is 1.22. The molecule has 25 heavy (non-hydrogen) atoms. The second-order valence-electron chi connectivity index (χ2n) is 6.04. The molecule has 0 unspecified atom stereocenters. The molecule has 2 heteroatoms. The lowest BCUT2D eigenvalue weighted by molar-refractivity contribution is -0.108. The highest BCUT2D eigenvalue weighted by molar-refractivity contribution is 6.01. The average molecular weight is 328 g/mol. The quantitative estimate of drug-likeness (QED) is 0.450. The van der Waals surface area contributed by atoms with Crippen molar-refractivity contribution in [2.75, 3.05) is 0 Å². The van der Waals surface area contributed by atoms with E-state index in [0.717, 1.165) is 17.4 Å². The predicted molar refractivity (Wildman–Crippen MR) is 99.8 cm³/mol. The Balaban J connectivity index is 2.09. The molecule has 0 amide bonds. The first-order valence-corrected chi connectivity index (χ1v) is 8.44. The average Bonchev–Trinajstić information content (AvgIpc) is 2.69. The van der Waals surface area contributed by atoms with Crippen molar-refractivity contribution in [1.82, 2.24) is 0 Å². The van der Waals surface area contributed by atoms with Gasteiger partial charge in [0.15, 0.2) is 5.78 Å². The van der Waals surface area contributed by atoms with Crippen LogP contribution in [0.3, 0.4) is 0 Å². The van der Waals surface area contributed by atoms with E-state index >= 15 is 0 Å². The van der Waals surface area contributed by atoms with E-state index in [-0.39, 0.29) is 11.7 Å². The molecule has 3 aromatic carbocycles. The highest BCUT2D eigenvalue weighted by Gasteiger charge is 2.31. The van der Waals surface area contributed by atoms with Gasteiger partial charge in [0.05, 0.1) is 5.92 Å². The number of ketones is 1. The fraction of sp³-hybridized carbons (Fsp3) is 0.130. The fourth-order valence-corrected chi connectivity index (χ4v) is 3.28. The monoisotopic (exact) mass is 328 g/mol. The summed E-state index contributed by atoms with van der Waals surface area (Å²) in [7, 11) is 0. The maximum Gasteiger partial charge on any atom is 0.170 e. The molecular weight excluding hydrogens is 308 g/mol. The van der Waals surface area contributed by atoms with Gasteiger partial charge in [-0.3, -0.25) is 4.79 Å². The van der Waals surface area contributed by atoms with Gasteiger partial charge in [-0.2, -0.15) is 0 Å². The maximum atomic E-state index is 13.3. The van der Waals surface area contributed by atoms with Crippen molar-refractivity contribution < 1.29 is 9.59 Å². The fourth-order valence-electron chi connectivity index (χ4n) is 3.28. The largest absolute Gasteiger partial charge is 0.303 e. The first kappa shape index (κ1) is 16.8. The first-order chi connectivity index (χ1) is 12.3. The Kier molecular flexibility index (Phi) is 5.53. The van der Waals surface area contributed by atoms with Crippen LogP contribution in [0.5, 0.6) is 0 Å². The zero-order valence-corrected chi connectivity index (χ0v) is 13.9. The van der Waals surface area contributed by atoms with Crippen LogP contribution < -0.4 is 0 Å². The Labute approximate surface area is 148 Å². The third kappa shape index (κ3) is 3.92. The van der Waals surface area contributed by atoms with Gasteiger partial charge in [0.2, 0.25) is 0 Å². The van der Waals surface area contributed by atoms with Gasteiger partial charge in [-0.1, -0.05) is 91.0 Å². The van der Waals surface area contributed by atoms with E-state index in [9.17, 15) is 9.59 Å². The van der Waals surface area contributed by atoms with Gasteiger partial charge < -0.3 is 4.79 Å². The van der Waals surface area contributed by atoms with E-state index in [4.69, 9.17) is 0 Å². The van der Waals surface area contributed by atoms with Crippen molar-refractivity contribution in [2.24, 2.45) is 0 Å². The summed E-state index contributed by atoms with van der Waals surface area (Å²) in [6.45, 7) is 0. The predicted octanol–water partition coefficient (Wildman–Crippen LogP) is 5.03. The maximum absolute atomic E-state index is 13.3. The number of carbonyl (C=O) groups is 2. The van der Waals surface area contributed by atoms with E-state index in [1.807, 2.05) is 91.0 Å². The summed E-state index contributed by atoms with van der Waals surface area (Å²) >= 11 is 0. The first-order valence-electron chi connectivity index (χ1n) is 8.44. The minimum Gasteiger partial charge on any atom is -0.303 e. The summed E-state index contributed by atoms with van der Waals surface area (Å²) in [5, 5.41) is 0. The molecule has 0 bridgehead atoms. The molecule has 0 saturated carbocycles. The van der Waals surface area contributed by atoms with Crippen molar-refractivity contribution in [3.8, 4) is 0 Å². The molecule has 0 saturated heterocycles. The van der Waals surface area contributed by atoms with Crippen LogP contribution in [0.15, 0.2) is 91.0 Å². The Morgan fingerprint density at radius 3 is 1.72 bits per heavy atom. The lowest BCUT2D eigenvalue weighted by Crippen LogP contribution is -2.21. The van der Waals surface area contributed by atoms with Crippen LogP contribution in [0.25, 0.3) is 0 Å². The van der Waals surface area contributed by atoms with Gasteiger partial charge in [0.1, 0.15) is 6.29 Å². The van der Waals surface area contributed by atoms with Crippen molar-refractivity contribution in [3.05, 3.63) is 108 Å². The molecule has 0 aliphatic carbocycles. The van der Waals surface area contributed by atoms with E-state index in [1.165, 1.54) is 0 Å². The zero-order chi connectivity index (χ0) is 17.5. The Hall–Kier alpha value is -3.00. The van der Waals surface area contributed by atoms with Crippen molar-refractivity contribution >= 4 is 12.1 Å². The van der Waals surface area contributed by atoms with E-state index in [2.05, 4.69) is 0 Å². The zero-order valence-electron chi connectivity index (χ0n) is 13.9. The van der Waals surface area contributed by atoms with Crippen LogP contribution in [-0.4, -0.2) is 12.1 Å². The number of hydrogen-bond donors (Lipinski definition) is 0. The molecule has 0 fully saturated rings. The molecule has 3 rings (SSSR count). The molecule has 0 aliphatic rings. The van der Waals surface area contributed by atoms with Crippen LogP contribution in [0.1, 0.15) is 39.7 Å². The molecule has 0 radical (unpaired) electrons. The number of Topliss-reactive ketones (excluding diaryl/α,β-unsaturated/α-hetero) is 1. The van der Waals surface area contributed by atoms with E-state index in [0.29, 0.717) is 12.0 Å². The molecular formula is C23H20O2. The summed E-state index contributed by atoms with van der Waals surface area (Å²) < 4.78 is 0. The van der Waals surface area contributed by atoms with Crippen LogP contribution in [-0.2, 0) is 4.79 Å². The number of rotatable bonds is 7. The number of hydrogen-bond acceptors (Lipinski definition) is 2. The molecule has 0 spiro atoms. The van der Waals surface area contributed by atoms with Crippen molar-refractivity contribution in [3.63, 3.8) is 0 Å². The third-order valence-corrected chi connectivity index (χ3v) is 4.48. The Morgan fingerprint density at radius 1 is 0.720 bits per heavy atom. The molecule has 2 atom stereocenters. The van der Waals surface area contributed by atoms with Gasteiger partial charge >= 0.3 is 0 Å². The van der Waals surface area contributed by atoms with Crippen molar-refractivity contribution in [1.29, 1.82) is 0 Å². The summed E-state index contributed by atoms with van der Waals surface area (Å²) in [5.74, 6) is -0.535. The third-order valence-electron chi connectivity index (χ3n) is 4.48. The second kappa shape index (κ2) is 8.20. The molecule has 3 aromatic rings. The Morgan fingerprint density at radius 2 is 1.20 bits per heavy atom. The van der Waals surface area contributed by atoms with Crippen LogP contribution in [0.4, 0.5) is 0 Å². The van der Waals surface area contributed by atoms with Crippen LogP contribution in [0, 0.1) is 0 Å². The van der Waals surface area contributed by atoms with Gasteiger partial charge in [-0.15, -0.1) is 0 Å². The summed E-state index contributed by atoms with van der Waals surface area (Å²) in [4.78, 5) is 24.7. The molecule has 0 aliphatic heterocycles. The minimum absolute atomic E-state index is 0.0440. The van der Waals surface area contributed by atoms with Gasteiger partial charge in [-0.25, -0.2) is 0 Å². The normalized spacial score (nSPS) is 13.0. The highest BCUT2D eigenvalue weighted by Crippen LogP contribution is 2.37.